The molecule has 1 aliphatic rings. The summed E-state index contributed by atoms with van der Waals surface area (Å²) in [6, 6.07) is 5.30. The van der Waals surface area contributed by atoms with Crippen LogP contribution in [-0.4, -0.2) is 30.3 Å². The third-order valence-corrected chi connectivity index (χ3v) is 3.83. The zero-order valence-electron chi connectivity index (χ0n) is 11.6. The second kappa shape index (κ2) is 6.95. The zero-order chi connectivity index (χ0) is 14.5. The Morgan fingerprint density at radius 3 is 2.95 bits per heavy atom. The van der Waals surface area contributed by atoms with Crippen LogP contribution in [0.15, 0.2) is 18.2 Å². The number of aliphatic hydroxyl groups is 1. The van der Waals surface area contributed by atoms with Crippen LogP contribution in [0, 0.1) is 12.8 Å². The van der Waals surface area contributed by atoms with Crippen molar-refractivity contribution in [2.75, 3.05) is 13.2 Å². The maximum absolute atomic E-state index is 11.7. The Bertz CT molecular complexity index is 478. The third-order valence-electron chi connectivity index (χ3n) is 3.60. The number of carbonyl (C=O) groups excluding carboxylic acids is 1. The smallest absolute Gasteiger partial charge is 0.257 e. The van der Waals surface area contributed by atoms with Gasteiger partial charge in [-0.25, -0.2) is 0 Å². The molecule has 1 aliphatic carbocycles. The Balaban J connectivity index is 1.72. The molecular weight excluding hydrogens is 278 g/mol. The summed E-state index contributed by atoms with van der Waals surface area (Å²) in [4.78, 5) is 11.7. The largest absolute Gasteiger partial charge is 0.484 e. The van der Waals surface area contributed by atoms with E-state index in [2.05, 4.69) is 5.32 Å². The maximum atomic E-state index is 11.7. The van der Waals surface area contributed by atoms with Gasteiger partial charge in [-0.05, 0) is 55.9 Å². The fourth-order valence-corrected chi connectivity index (χ4v) is 2.69. The first kappa shape index (κ1) is 15.1. The summed E-state index contributed by atoms with van der Waals surface area (Å²) in [6.45, 7) is 2.50. The first-order valence-electron chi connectivity index (χ1n) is 6.88. The van der Waals surface area contributed by atoms with Crippen LogP contribution in [0.2, 0.25) is 5.02 Å². The van der Waals surface area contributed by atoms with E-state index in [1.54, 1.807) is 18.2 Å². The predicted molar refractivity (Wildman–Crippen MR) is 78.0 cm³/mol. The molecule has 0 radical (unpaired) electrons. The Hall–Kier alpha value is -1.26. The van der Waals surface area contributed by atoms with Crippen LogP contribution in [0.1, 0.15) is 24.8 Å². The third kappa shape index (κ3) is 4.39. The van der Waals surface area contributed by atoms with Gasteiger partial charge in [-0.15, -0.1) is 0 Å². The van der Waals surface area contributed by atoms with Gasteiger partial charge < -0.3 is 15.2 Å². The average Bonchev–Trinajstić information content (AvgIpc) is 2.81. The summed E-state index contributed by atoms with van der Waals surface area (Å²) in [5.74, 6) is 0.910. The molecule has 1 saturated carbocycles. The predicted octanol–water partition coefficient (Wildman–Crippen LogP) is 2.30. The number of benzene rings is 1. The van der Waals surface area contributed by atoms with Gasteiger partial charge in [-0.2, -0.15) is 0 Å². The lowest BCUT2D eigenvalue weighted by molar-refractivity contribution is -0.123. The number of carbonyl (C=O) groups is 1. The molecule has 0 bridgehead atoms. The van der Waals surface area contributed by atoms with Crippen LogP contribution < -0.4 is 10.1 Å². The van der Waals surface area contributed by atoms with Crippen molar-refractivity contribution in [3.8, 4) is 5.75 Å². The van der Waals surface area contributed by atoms with Crippen molar-refractivity contribution in [3.63, 3.8) is 0 Å². The van der Waals surface area contributed by atoms with Gasteiger partial charge in [-0.1, -0.05) is 11.6 Å². The number of halogens is 1. The normalized spacial score (nSPS) is 21.8. The van der Waals surface area contributed by atoms with E-state index in [1.807, 2.05) is 6.92 Å². The fraction of sp³-hybridized carbons (Fsp3) is 0.533. The monoisotopic (exact) mass is 297 g/mol. The highest BCUT2D eigenvalue weighted by molar-refractivity contribution is 6.30. The van der Waals surface area contributed by atoms with E-state index in [0.29, 0.717) is 23.2 Å². The minimum Gasteiger partial charge on any atom is -0.484 e. The molecule has 5 heteroatoms. The number of hydrogen-bond donors (Lipinski definition) is 2. The van der Waals surface area contributed by atoms with Crippen molar-refractivity contribution in [2.45, 2.75) is 32.3 Å². The van der Waals surface area contributed by atoms with E-state index in [4.69, 9.17) is 16.3 Å². The molecule has 2 atom stereocenters. The lowest BCUT2D eigenvalue weighted by Gasteiger charge is -2.12. The number of aryl methyl sites for hydroxylation is 1. The molecule has 2 N–H and O–H groups in total. The summed E-state index contributed by atoms with van der Waals surface area (Å²) in [5.41, 5.74) is 0.907. The van der Waals surface area contributed by atoms with E-state index in [1.165, 1.54) is 0 Å². The Morgan fingerprint density at radius 2 is 2.30 bits per heavy atom. The highest BCUT2D eigenvalue weighted by Gasteiger charge is 2.22. The lowest BCUT2D eigenvalue weighted by atomic mass is 10.1. The van der Waals surface area contributed by atoms with Gasteiger partial charge in [0.2, 0.25) is 0 Å². The van der Waals surface area contributed by atoms with E-state index in [0.717, 1.165) is 24.8 Å². The molecule has 1 aromatic rings. The van der Waals surface area contributed by atoms with Crippen LogP contribution >= 0.6 is 11.6 Å². The Kier molecular flexibility index (Phi) is 5.26. The van der Waals surface area contributed by atoms with E-state index >= 15 is 0 Å². The van der Waals surface area contributed by atoms with E-state index in [-0.39, 0.29) is 18.6 Å². The van der Waals surface area contributed by atoms with Gasteiger partial charge in [0.05, 0.1) is 6.10 Å². The van der Waals surface area contributed by atoms with Crippen molar-refractivity contribution >= 4 is 17.5 Å². The topological polar surface area (TPSA) is 58.6 Å². The molecule has 0 spiro atoms. The summed E-state index contributed by atoms with van der Waals surface area (Å²) in [6.07, 6.45) is 2.38. The average molecular weight is 298 g/mol. The second-order valence-corrected chi connectivity index (χ2v) is 5.77. The number of nitrogens with one attached hydrogen (secondary N) is 1. The zero-order valence-corrected chi connectivity index (χ0v) is 12.3. The van der Waals surface area contributed by atoms with Crippen molar-refractivity contribution in [1.29, 1.82) is 0 Å². The van der Waals surface area contributed by atoms with E-state index < -0.39 is 0 Å². The molecule has 2 unspecified atom stereocenters. The van der Waals surface area contributed by atoms with Crippen molar-refractivity contribution in [2.24, 2.45) is 5.92 Å². The SMILES string of the molecule is Cc1cc(Cl)ccc1OCC(=O)NCC1CCC(O)C1. The molecular formula is C15H20ClNO3. The van der Waals surface area contributed by atoms with Crippen LogP contribution in [-0.2, 0) is 4.79 Å². The number of ether oxygens (including phenoxy) is 1. The fourth-order valence-electron chi connectivity index (χ4n) is 2.46. The number of rotatable bonds is 5. The summed E-state index contributed by atoms with van der Waals surface area (Å²) in [5, 5.41) is 12.9. The number of amides is 1. The Labute approximate surface area is 124 Å². The minimum atomic E-state index is -0.204. The van der Waals surface area contributed by atoms with Crippen molar-refractivity contribution < 1.29 is 14.6 Å². The number of aliphatic hydroxyl groups excluding tert-OH is 1. The van der Waals surface area contributed by atoms with Crippen LogP contribution in [0.5, 0.6) is 5.75 Å². The van der Waals surface area contributed by atoms with Gasteiger partial charge in [0.25, 0.3) is 5.91 Å². The molecule has 1 aromatic carbocycles. The lowest BCUT2D eigenvalue weighted by Crippen LogP contribution is -2.32. The molecule has 2 rings (SSSR count). The van der Waals surface area contributed by atoms with Crippen LogP contribution in [0.3, 0.4) is 0 Å². The molecule has 110 valence electrons. The molecule has 4 nitrogen and oxygen atoms in total. The van der Waals surface area contributed by atoms with Crippen molar-refractivity contribution in [3.05, 3.63) is 28.8 Å². The molecule has 1 fully saturated rings. The van der Waals surface area contributed by atoms with Crippen LogP contribution in [0.25, 0.3) is 0 Å². The first-order chi connectivity index (χ1) is 9.54. The molecule has 0 aromatic heterocycles. The van der Waals surface area contributed by atoms with Gasteiger partial charge in [0.15, 0.2) is 6.61 Å². The van der Waals surface area contributed by atoms with Crippen molar-refractivity contribution in [1.82, 2.24) is 5.32 Å². The molecule has 0 saturated heterocycles. The number of hydrogen-bond acceptors (Lipinski definition) is 3. The van der Waals surface area contributed by atoms with Gasteiger partial charge in [-0.3, -0.25) is 4.79 Å². The van der Waals surface area contributed by atoms with Crippen LogP contribution in [0.4, 0.5) is 0 Å². The molecule has 0 aliphatic heterocycles. The maximum Gasteiger partial charge on any atom is 0.257 e. The molecule has 1 amide bonds. The minimum absolute atomic E-state index is 0.00224. The van der Waals surface area contributed by atoms with Gasteiger partial charge in [0, 0.05) is 11.6 Å². The van der Waals surface area contributed by atoms with Gasteiger partial charge in [0.1, 0.15) is 5.75 Å². The standard InChI is InChI=1S/C15H20ClNO3/c1-10-6-12(16)3-5-14(10)20-9-15(19)17-8-11-2-4-13(18)7-11/h3,5-6,11,13,18H,2,4,7-9H2,1H3,(H,17,19). The summed E-state index contributed by atoms with van der Waals surface area (Å²) < 4.78 is 5.47. The first-order valence-corrected chi connectivity index (χ1v) is 7.26. The van der Waals surface area contributed by atoms with Gasteiger partial charge >= 0.3 is 0 Å². The highest BCUT2D eigenvalue weighted by atomic mass is 35.5. The summed E-state index contributed by atoms with van der Waals surface area (Å²) >= 11 is 5.86. The molecule has 20 heavy (non-hydrogen) atoms. The highest BCUT2D eigenvalue weighted by Crippen LogP contribution is 2.24. The Morgan fingerprint density at radius 1 is 1.50 bits per heavy atom. The van der Waals surface area contributed by atoms with E-state index in [9.17, 15) is 9.90 Å². The summed E-state index contributed by atoms with van der Waals surface area (Å²) in [7, 11) is 0. The quantitative estimate of drug-likeness (QED) is 0.877. The second-order valence-electron chi connectivity index (χ2n) is 5.34. The molecule has 0 heterocycles.